The van der Waals surface area contributed by atoms with E-state index in [1.54, 1.807) is 12.4 Å². The zero-order valence-electron chi connectivity index (χ0n) is 10.5. The highest BCUT2D eigenvalue weighted by molar-refractivity contribution is 5.29. The number of benzene rings is 1. The van der Waals surface area contributed by atoms with Gasteiger partial charge in [0.2, 0.25) is 0 Å². The van der Waals surface area contributed by atoms with E-state index in [1.807, 2.05) is 24.3 Å². The maximum absolute atomic E-state index is 5.56. The van der Waals surface area contributed by atoms with Gasteiger partial charge in [0.25, 0.3) is 0 Å². The number of nitrogens with zero attached hydrogens (tertiary/aromatic N) is 2. The third-order valence-corrected chi connectivity index (χ3v) is 2.66. The maximum atomic E-state index is 5.56. The number of aryl methyl sites for hydroxylation is 1. The number of hydrogen-bond acceptors (Lipinski definition) is 4. The molecule has 0 aliphatic rings. The van der Waals surface area contributed by atoms with Crippen LogP contribution in [0, 0.1) is 0 Å². The fourth-order valence-corrected chi connectivity index (χ4v) is 1.59. The Morgan fingerprint density at radius 1 is 1.06 bits per heavy atom. The molecule has 0 bridgehead atoms. The third-order valence-electron chi connectivity index (χ3n) is 2.66. The molecule has 2 rings (SSSR count). The van der Waals surface area contributed by atoms with E-state index in [1.165, 1.54) is 5.56 Å². The zero-order valence-corrected chi connectivity index (χ0v) is 10.5. The average molecular weight is 243 g/mol. The van der Waals surface area contributed by atoms with Crippen molar-refractivity contribution in [3.8, 4) is 11.8 Å². The highest BCUT2D eigenvalue weighted by atomic mass is 16.5. The minimum absolute atomic E-state index is 0.361. The first-order valence-electron chi connectivity index (χ1n) is 6.09. The van der Waals surface area contributed by atoms with E-state index in [2.05, 4.69) is 16.9 Å². The van der Waals surface area contributed by atoms with Gasteiger partial charge in [-0.15, -0.1) is 0 Å². The third kappa shape index (κ3) is 3.28. The number of ether oxygens (including phenoxy) is 1. The Bertz CT molecular complexity index is 479. The predicted octanol–water partition coefficient (Wildman–Crippen LogP) is 2.33. The largest absolute Gasteiger partial charge is 0.424 e. The van der Waals surface area contributed by atoms with Crippen molar-refractivity contribution < 1.29 is 4.74 Å². The van der Waals surface area contributed by atoms with Gasteiger partial charge < -0.3 is 10.5 Å². The van der Waals surface area contributed by atoms with E-state index < -0.39 is 0 Å². The van der Waals surface area contributed by atoms with Crippen LogP contribution in [0.15, 0.2) is 36.7 Å². The molecule has 0 unspecified atom stereocenters. The molecule has 0 saturated carbocycles. The molecule has 2 aromatic rings. The number of nitrogens with two attached hydrogens (primary N) is 1. The maximum Gasteiger partial charge on any atom is 0.321 e. The molecule has 1 heterocycles. The van der Waals surface area contributed by atoms with Crippen LogP contribution in [0.4, 0.5) is 0 Å². The van der Waals surface area contributed by atoms with Crippen LogP contribution >= 0.6 is 0 Å². The first-order chi connectivity index (χ1) is 8.81. The molecular weight excluding hydrogens is 226 g/mol. The molecule has 94 valence electrons. The smallest absolute Gasteiger partial charge is 0.321 e. The van der Waals surface area contributed by atoms with Gasteiger partial charge in [-0.1, -0.05) is 19.1 Å². The summed E-state index contributed by atoms with van der Waals surface area (Å²) in [6.45, 7) is 2.72. The summed E-state index contributed by atoms with van der Waals surface area (Å²) in [5.41, 5.74) is 7.76. The van der Waals surface area contributed by atoms with Crippen LogP contribution in [0.2, 0.25) is 0 Å². The topological polar surface area (TPSA) is 61.0 Å². The Kier molecular flexibility index (Phi) is 4.25. The lowest BCUT2D eigenvalue weighted by atomic mass is 10.2. The summed E-state index contributed by atoms with van der Waals surface area (Å²) < 4.78 is 5.56. The van der Waals surface area contributed by atoms with Crippen molar-refractivity contribution in [3.63, 3.8) is 0 Å². The minimum Gasteiger partial charge on any atom is -0.424 e. The average Bonchev–Trinajstić information content (AvgIpc) is 2.42. The molecular formula is C14H17N3O. The molecule has 2 N–H and O–H groups in total. The van der Waals surface area contributed by atoms with Gasteiger partial charge in [0, 0.05) is 12.4 Å². The predicted molar refractivity (Wildman–Crippen MR) is 70.7 cm³/mol. The Morgan fingerprint density at radius 2 is 1.72 bits per heavy atom. The summed E-state index contributed by atoms with van der Waals surface area (Å²) in [4.78, 5) is 8.29. The summed E-state index contributed by atoms with van der Waals surface area (Å²) >= 11 is 0. The van der Waals surface area contributed by atoms with Crippen LogP contribution in [0.25, 0.3) is 0 Å². The molecule has 1 aromatic carbocycles. The van der Waals surface area contributed by atoms with Gasteiger partial charge >= 0.3 is 6.01 Å². The summed E-state index contributed by atoms with van der Waals surface area (Å²) in [7, 11) is 0. The summed E-state index contributed by atoms with van der Waals surface area (Å²) in [5, 5.41) is 0. The monoisotopic (exact) mass is 243 g/mol. The van der Waals surface area contributed by atoms with Gasteiger partial charge in [0.1, 0.15) is 5.75 Å². The molecule has 0 aliphatic heterocycles. The van der Waals surface area contributed by atoms with Crippen molar-refractivity contribution in [2.45, 2.75) is 19.8 Å². The Labute approximate surface area is 107 Å². The zero-order chi connectivity index (χ0) is 12.8. The van der Waals surface area contributed by atoms with E-state index in [0.717, 1.165) is 24.2 Å². The fraction of sp³-hybridized carbons (Fsp3) is 0.286. The van der Waals surface area contributed by atoms with Gasteiger partial charge in [-0.3, -0.25) is 0 Å². The normalized spacial score (nSPS) is 10.3. The lowest BCUT2D eigenvalue weighted by Crippen LogP contribution is -2.03. The molecule has 0 aliphatic carbocycles. The SMILES string of the molecule is CCc1ccc(Oc2ncc(CCN)cn2)cc1. The van der Waals surface area contributed by atoms with E-state index in [9.17, 15) is 0 Å². The first-order valence-corrected chi connectivity index (χ1v) is 6.09. The van der Waals surface area contributed by atoms with Crippen LogP contribution < -0.4 is 10.5 Å². The van der Waals surface area contributed by atoms with Crippen LogP contribution in [0.1, 0.15) is 18.1 Å². The number of hydrogen-bond donors (Lipinski definition) is 1. The highest BCUT2D eigenvalue weighted by Gasteiger charge is 2.00. The van der Waals surface area contributed by atoms with Gasteiger partial charge in [-0.25, -0.2) is 9.97 Å². The van der Waals surface area contributed by atoms with Crippen LogP contribution in [0.5, 0.6) is 11.8 Å². The summed E-state index contributed by atoms with van der Waals surface area (Å²) in [6.07, 6.45) is 5.29. The van der Waals surface area contributed by atoms with Gasteiger partial charge in [0.15, 0.2) is 0 Å². The molecule has 4 nitrogen and oxygen atoms in total. The molecule has 18 heavy (non-hydrogen) atoms. The van der Waals surface area contributed by atoms with Crippen LogP contribution in [0.3, 0.4) is 0 Å². The molecule has 4 heteroatoms. The minimum atomic E-state index is 0.361. The fourth-order valence-electron chi connectivity index (χ4n) is 1.59. The second-order valence-electron chi connectivity index (χ2n) is 4.01. The molecule has 0 atom stereocenters. The van der Waals surface area contributed by atoms with E-state index in [-0.39, 0.29) is 0 Å². The van der Waals surface area contributed by atoms with Gasteiger partial charge in [0.05, 0.1) is 0 Å². The Morgan fingerprint density at radius 3 is 2.28 bits per heavy atom. The lowest BCUT2D eigenvalue weighted by Gasteiger charge is -2.05. The van der Waals surface area contributed by atoms with Crippen molar-refractivity contribution in [2.75, 3.05) is 6.54 Å². The summed E-state index contributed by atoms with van der Waals surface area (Å²) in [5.74, 6) is 0.749. The van der Waals surface area contributed by atoms with Crippen molar-refractivity contribution in [2.24, 2.45) is 5.73 Å². The van der Waals surface area contributed by atoms with Crippen molar-refractivity contribution in [1.29, 1.82) is 0 Å². The first kappa shape index (κ1) is 12.5. The number of rotatable bonds is 5. The Hall–Kier alpha value is -1.94. The second kappa shape index (κ2) is 6.12. The molecule has 0 spiro atoms. The molecule has 0 saturated heterocycles. The summed E-state index contributed by atoms with van der Waals surface area (Å²) in [6, 6.07) is 8.29. The van der Waals surface area contributed by atoms with Gasteiger partial charge in [-0.05, 0) is 42.6 Å². The molecule has 0 fully saturated rings. The van der Waals surface area contributed by atoms with Crippen LogP contribution in [-0.2, 0) is 12.8 Å². The second-order valence-corrected chi connectivity index (χ2v) is 4.01. The lowest BCUT2D eigenvalue weighted by molar-refractivity contribution is 0.441. The van der Waals surface area contributed by atoms with E-state index >= 15 is 0 Å². The van der Waals surface area contributed by atoms with Crippen molar-refractivity contribution in [3.05, 3.63) is 47.8 Å². The molecule has 0 amide bonds. The van der Waals surface area contributed by atoms with E-state index in [0.29, 0.717) is 12.6 Å². The number of aromatic nitrogens is 2. The van der Waals surface area contributed by atoms with E-state index in [4.69, 9.17) is 10.5 Å². The Balaban J connectivity index is 2.03. The molecule has 0 radical (unpaired) electrons. The quantitative estimate of drug-likeness (QED) is 0.875. The van der Waals surface area contributed by atoms with Crippen molar-refractivity contribution >= 4 is 0 Å². The highest BCUT2D eigenvalue weighted by Crippen LogP contribution is 2.18. The standard InChI is InChI=1S/C14H17N3O/c1-2-11-3-5-13(6-4-11)18-14-16-9-12(7-8-15)10-17-14/h3-6,9-10H,2,7-8,15H2,1H3. The van der Waals surface area contributed by atoms with Gasteiger partial charge in [-0.2, -0.15) is 0 Å². The molecule has 1 aromatic heterocycles. The van der Waals surface area contributed by atoms with Crippen LogP contribution in [-0.4, -0.2) is 16.5 Å². The van der Waals surface area contributed by atoms with Crippen molar-refractivity contribution in [1.82, 2.24) is 9.97 Å².